The van der Waals surface area contributed by atoms with Crippen molar-refractivity contribution in [2.24, 2.45) is 4.99 Å². The minimum atomic E-state index is 0. The number of hydrogen-bond acceptors (Lipinski definition) is 4. The van der Waals surface area contributed by atoms with Crippen molar-refractivity contribution in [3.8, 4) is 0 Å². The third kappa shape index (κ3) is 8.07. The molecule has 0 fully saturated rings. The Balaban J connectivity index is 0.00000341. The van der Waals surface area contributed by atoms with E-state index in [0.717, 1.165) is 63.0 Å². The Kier molecular flexibility index (Phi) is 11.3. The molecule has 1 atom stereocenters. The number of guanidine groups is 1. The summed E-state index contributed by atoms with van der Waals surface area (Å²) in [4.78, 5) is 6.75. The second-order valence-corrected chi connectivity index (χ2v) is 8.21. The van der Waals surface area contributed by atoms with E-state index in [0.29, 0.717) is 6.04 Å². The van der Waals surface area contributed by atoms with Crippen LogP contribution in [0.4, 0.5) is 0 Å². The summed E-state index contributed by atoms with van der Waals surface area (Å²) in [6.45, 7) is 6.00. The highest BCUT2D eigenvalue weighted by atomic mass is 127. The van der Waals surface area contributed by atoms with Gasteiger partial charge in [-0.15, -0.1) is 34.2 Å². The Hall–Kier alpha value is -1.68. The highest BCUT2D eigenvalue weighted by Gasteiger charge is 2.14. The van der Waals surface area contributed by atoms with Crippen LogP contribution in [0.2, 0.25) is 0 Å². The number of benzene rings is 1. The number of aryl methyl sites for hydroxylation is 1. The summed E-state index contributed by atoms with van der Waals surface area (Å²) >= 11 is 0. The molecule has 1 aromatic heterocycles. The summed E-state index contributed by atoms with van der Waals surface area (Å²) in [5.41, 5.74) is 1.35. The number of nitrogens with zero attached hydrogens (tertiary/aromatic N) is 5. The molecule has 172 valence electrons. The lowest BCUT2D eigenvalue weighted by Gasteiger charge is -2.25. The van der Waals surface area contributed by atoms with Crippen LogP contribution in [0.1, 0.15) is 49.8 Å². The normalized spacial score (nSPS) is 15.0. The van der Waals surface area contributed by atoms with Gasteiger partial charge in [-0.25, -0.2) is 0 Å². The lowest BCUT2D eigenvalue weighted by atomic mass is 10.1. The molecule has 1 aromatic carbocycles. The first-order valence-electron chi connectivity index (χ1n) is 11.3. The highest BCUT2D eigenvalue weighted by Crippen LogP contribution is 2.14. The van der Waals surface area contributed by atoms with Gasteiger partial charge in [0.05, 0.1) is 0 Å². The molecule has 0 saturated carbocycles. The van der Waals surface area contributed by atoms with E-state index in [1.54, 1.807) is 0 Å². The van der Waals surface area contributed by atoms with Gasteiger partial charge in [0.25, 0.3) is 0 Å². The van der Waals surface area contributed by atoms with Crippen molar-refractivity contribution >= 4 is 29.9 Å². The minimum absolute atomic E-state index is 0. The lowest BCUT2D eigenvalue weighted by molar-refractivity contribution is 0.238. The summed E-state index contributed by atoms with van der Waals surface area (Å²) in [7, 11) is 4.01. The van der Waals surface area contributed by atoms with Gasteiger partial charge in [0.2, 0.25) is 0 Å². The lowest BCUT2D eigenvalue weighted by Crippen LogP contribution is -2.40. The number of rotatable bonds is 9. The summed E-state index contributed by atoms with van der Waals surface area (Å²) < 4.78 is 2.31. The van der Waals surface area contributed by atoms with Crippen LogP contribution in [-0.2, 0) is 25.9 Å². The summed E-state index contributed by atoms with van der Waals surface area (Å²) in [5.74, 6) is 3.09. The summed E-state index contributed by atoms with van der Waals surface area (Å²) in [6, 6.07) is 11.1. The Labute approximate surface area is 204 Å². The first-order valence-corrected chi connectivity index (χ1v) is 11.3. The van der Waals surface area contributed by atoms with Crippen LogP contribution in [0.15, 0.2) is 35.3 Å². The molecule has 0 amide bonds. The molecule has 7 nitrogen and oxygen atoms in total. The third-order valence-corrected chi connectivity index (χ3v) is 5.93. The molecular weight excluding hydrogens is 501 g/mol. The molecule has 1 aliphatic rings. The summed E-state index contributed by atoms with van der Waals surface area (Å²) in [5, 5.41) is 15.7. The van der Waals surface area contributed by atoms with Gasteiger partial charge in [-0.1, -0.05) is 36.8 Å². The van der Waals surface area contributed by atoms with Gasteiger partial charge in [0, 0.05) is 52.1 Å². The van der Waals surface area contributed by atoms with Crippen LogP contribution < -0.4 is 10.6 Å². The Morgan fingerprint density at radius 3 is 2.68 bits per heavy atom. The molecule has 0 saturated heterocycles. The van der Waals surface area contributed by atoms with Gasteiger partial charge in [0.15, 0.2) is 5.96 Å². The second kappa shape index (κ2) is 13.7. The molecule has 2 aromatic rings. The van der Waals surface area contributed by atoms with E-state index in [1.165, 1.54) is 24.8 Å². The van der Waals surface area contributed by atoms with E-state index in [4.69, 9.17) is 0 Å². The zero-order chi connectivity index (χ0) is 21.2. The highest BCUT2D eigenvalue weighted by molar-refractivity contribution is 14.0. The standard InChI is InChI=1S/C23H37N7.HI/c1-19(29(3)18-20-10-6-4-7-11-20)13-15-25-23(24-2)26-16-14-22-28-27-21-12-8-5-9-17-30(21)22;/h4,6-7,10-11,19H,5,8-9,12-18H2,1-3H3,(H2,24,25,26);1H. The number of fused-ring (bicyclic) bond motifs is 1. The van der Waals surface area contributed by atoms with E-state index in [1.807, 2.05) is 7.05 Å². The second-order valence-electron chi connectivity index (χ2n) is 8.21. The van der Waals surface area contributed by atoms with Crippen LogP contribution in [-0.4, -0.2) is 58.9 Å². The largest absolute Gasteiger partial charge is 0.356 e. The maximum absolute atomic E-state index is 4.41. The number of aromatic nitrogens is 3. The first-order chi connectivity index (χ1) is 14.7. The van der Waals surface area contributed by atoms with Crippen LogP contribution in [0, 0.1) is 0 Å². The van der Waals surface area contributed by atoms with Gasteiger partial charge < -0.3 is 15.2 Å². The summed E-state index contributed by atoms with van der Waals surface area (Å²) in [6.07, 6.45) is 6.72. The van der Waals surface area contributed by atoms with E-state index in [2.05, 4.69) is 79.6 Å². The fourth-order valence-corrected chi connectivity index (χ4v) is 3.89. The Bertz CT molecular complexity index is 790. The van der Waals surface area contributed by atoms with Gasteiger partial charge in [-0.2, -0.15) is 0 Å². The molecule has 2 N–H and O–H groups in total. The molecule has 0 bridgehead atoms. The fraction of sp³-hybridized carbons (Fsp3) is 0.609. The van der Waals surface area contributed by atoms with Crippen molar-refractivity contribution in [1.82, 2.24) is 30.3 Å². The zero-order valence-corrected chi connectivity index (χ0v) is 21.5. The molecule has 0 radical (unpaired) electrons. The van der Waals surface area contributed by atoms with E-state index >= 15 is 0 Å². The quantitative estimate of drug-likeness (QED) is 0.291. The molecule has 3 rings (SSSR count). The van der Waals surface area contributed by atoms with E-state index < -0.39 is 0 Å². The number of hydrogen-bond donors (Lipinski definition) is 2. The third-order valence-electron chi connectivity index (χ3n) is 5.93. The zero-order valence-electron chi connectivity index (χ0n) is 19.2. The Morgan fingerprint density at radius 2 is 1.90 bits per heavy atom. The topological polar surface area (TPSA) is 70.4 Å². The predicted molar refractivity (Wildman–Crippen MR) is 138 cm³/mol. The maximum atomic E-state index is 4.41. The molecule has 1 unspecified atom stereocenters. The maximum Gasteiger partial charge on any atom is 0.190 e. The average molecular weight is 540 g/mol. The first kappa shape index (κ1) is 25.6. The monoisotopic (exact) mass is 539 g/mol. The van der Waals surface area contributed by atoms with Gasteiger partial charge in [-0.05, 0) is 38.8 Å². The van der Waals surface area contributed by atoms with E-state index in [9.17, 15) is 0 Å². The number of halogens is 1. The molecule has 8 heteroatoms. The minimum Gasteiger partial charge on any atom is -0.356 e. The fourth-order valence-electron chi connectivity index (χ4n) is 3.89. The molecule has 0 aliphatic carbocycles. The molecular formula is C23H38IN7. The van der Waals surface area contributed by atoms with Crippen molar-refractivity contribution < 1.29 is 0 Å². The molecule has 31 heavy (non-hydrogen) atoms. The molecule has 0 spiro atoms. The van der Waals surface area contributed by atoms with Gasteiger partial charge in [0.1, 0.15) is 11.6 Å². The molecule has 2 heterocycles. The van der Waals surface area contributed by atoms with Gasteiger partial charge >= 0.3 is 0 Å². The van der Waals surface area contributed by atoms with Crippen molar-refractivity contribution in [3.05, 3.63) is 47.5 Å². The number of nitrogens with one attached hydrogen (secondary N) is 2. The molecule has 1 aliphatic heterocycles. The van der Waals surface area contributed by atoms with Gasteiger partial charge in [-0.3, -0.25) is 9.89 Å². The van der Waals surface area contributed by atoms with Crippen molar-refractivity contribution in [2.45, 2.75) is 64.6 Å². The number of aliphatic imine (C=N–C) groups is 1. The van der Waals surface area contributed by atoms with Crippen LogP contribution in [0.5, 0.6) is 0 Å². The SMILES string of the molecule is CN=C(NCCc1nnc2n1CCCCC2)NCCC(C)N(C)Cc1ccccc1.I. The van der Waals surface area contributed by atoms with Crippen LogP contribution >= 0.6 is 24.0 Å². The van der Waals surface area contributed by atoms with E-state index in [-0.39, 0.29) is 24.0 Å². The smallest absolute Gasteiger partial charge is 0.190 e. The van der Waals surface area contributed by atoms with Crippen LogP contribution in [0.25, 0.3) is 0 Å². The van der Waals surface area contributed by atoms with Crippen molar-refractivity contribution in [3.63, 3.8) is 0 Å². The average Bonchev–Trinajstić information content (AvgIpc) is 2.99. The predicted octanol–water partition coefficient (Wildman–Crippen LogP) is 3.24. The van der Waals surface area contributed by atoms with Crippen molar-refractivity contribution in [1.29, 1.82) is 0 Å². The van der Waals surface area contributed by atoms with Crippen molar-refractivity contribution in [2.75, 3.05) is 27.2 Å². The van der Waals surface area contributed by atoms with Crippen LogP contribution in [0.3, 0.4) is 0 Å². The Morgan fingerprint density at radius 1 is 1.13 bits per heavy atom.